The van der Waals surface area contributed by atoms with Gasteiger partial charge in [0.2, 0.25) is 0 Å². The summed E-state index contributed by atoms with van der Waals surface area (Å²) in [4.78, 5) is 12.2. The second-order valence-corrected chi connectivity index (χ2v) is 4.95. The van der Waals surface area contributed by atoms with Gasteiger partial charge >= 0.3 is 0 Å². The first-order chi connectivity index (χ1) is 8.54. The molecule has 1 aromatic carbocycles. The smallest absolute Gasteiger partial charge is 0.270 e. The van der Waals surface area contributed by atoms with Crippen LogP contribution in [0.15, 0.2) is 29.1 Å². The topological polar surface area (TPSA) is 37.8 Å². The van der Waals surface area contributed by atoms with Crippen LogP contribution in [0.2, 0.25) is 0 Å². The van der Waals surface area contributed by atoms with Crippen molar-refractivity contribution in [2.24, 2.45) is 0 Å². The van der Waals surface area contributed by atoms with Gasteiger partial charge in [-0.1, -0.05) is 36.8 Å². The molecular formula is C15H20N2O. The van der Waals surface area contributed by atoms with Crippen molar-refractivity contribution in [3.63, 3.8) is 0 Å². The fourth-order valence-corrected chi connectivity index (χ4v) is 2.14. The van der Waals surface area contributed by atoms with Gasteiger partial charge in [0.15, 0.2) is 0 Å². The molecule has 3 heteroatoms. The maximum Gasteiger partial charge on any atom is 0.270 e. The van der Waals surface area contributed by atoms with Gasteiger partial charge in [0, 0.05) is 11.6 Å². The molecule has 0 bridgehead atoms. The third kappa shape index (κ3) is 2.13. The van der Waals surface area contributed by atoms with Gasteiger partial charge in [-0.25, -0.2) is 4.68 Å². The fourth-order valence-electron chi connectivity index (χ4n) is 2.14. The molecule has 1 aromatic heterocycles. The van der Waals surface area contributed by atoms with Crippen LogP contribution < -0.4 is 5.56 Å². The molecule has 1 N–H and O–H groups in total. The molecule has 0 fully saturated rings. The Labute approximate surface area is 107 Å². The van der Waals surface area contributed by atoms with Gasteiger partial charge in [-0.2, -0.15) is 0 Å². The van der Waals surface area contributed by atoms with Crippen LogP contribution in [0.3, 0.4) is 0 Å². The average Bonchev–Trinajstić information content (AvgIpc) is 2.67. The summed E-state index contributed by atoms with van der Waals surface area (Å²) in [7, 11) is 0. The molecule has 1 heterocycles. The third-order valence-electron chi connectivity index (χ3n) is 3.22. The number of aromatic nitrogens is 2. The Balaban J connectivity index is 2.60. The van der Waals surface area contributed by atoms with E-state index < -0.39 is 0 Å². The van der Waals surface area contributed by atoms with Crippen LogP contribution in [0.4, 0.5) is 0 Å². The molecule has 0 unspecified atom stereocenters. The van der Waals surface area contributed by atoms with Gasteiger partial charge in [0.25, 0.3) is 5.56 Å². The summed E-state index contributed by atoms with van der Waals surface area (Å²) in [5, 5.41) is 3.24. The molecule has 0 aliphatic heterocycles. The standard InChI is InChI=1S/C15H20N2O/c1-5-13-14(12-8-6-11(4)7-9-12)16-17(10(2)3)15(13)18/h6-10,16H,5H2,1-4H3. The molecule has 18 heavy (non-hydrogen) atoms. The van der Waals surface area contributed by atoms with Gasteiger partial charge in [-0.05, 0) is 32.8 Å². The van der Waals surface area contributed by atoms with E-state index in [1.54, 1.807) is 4.68 Å². The number of aromatic amines is 1. The lowest BCUT2D eigenvalue weighted by Crippen LogP contribution is -2.20. The van der Waals surface area contributed by atoms with Crippen LogP contribution in [0.25, 0.3) is 11.3 Å². The molecule has 0 atom stereocenters. The molecule has 0 radical (unpaired) electrons. The lowest BCUT2D eigenvalue weighted by atomic mass is 10.1. The molecule has 2 rings (SSSR count). The quantitative estimate of drug-likeness (QED) is 0.883. The summed E-state index contributed by atoms with van der Waals surface area (Å²) in [5.41, 5.74) is 4.23. The number of nitrogens with one attached hydrogen (secondary N) is 1. The lowest BCUT2D eigenvalue weighted by molar-refractivity contribution is 0.517. The first kappa shape index (κ1) is 12.7. The number of benzene rings is 1. The molecule has 0 amide bonds. The molecule has 96 valence electrons. The van der Waals surface area contributed by atoms with E-state index >= 15 is 0 Å². The zero-order chi connectivity index (χ0) is 13.3. The van der Waals surface area contributed by atoms with Gasteiger partial charge in [0.05, 0.1) is 5.69 Å². The van der Waals surface area contributed by atoms with Gasteiger partial charge in [0.1, 0.15) is 0 Å². The SMILES string of the molecule is CCc1c(-c2ccc(C)cc2)[nH]n(C(C)C)c1=O. The number of rotatable bonds is 3. The minimum absolute atomic E-state index is 0.100. The van der Waals surface area contributed by atoms with Crippen LogP contribution in [-0.4, -0.2) is 9.78 Å². The molecular weight excluding hydrogens is 224 g/mol. The highest BCUT2D eigenvalue weighted by Gasteiger charge is 2.15. The average molecular weight is 244 g/mol. The maximum absolute atomic E-state index is 12.2. The van der Waals surface area contributed by atoms with Crippen molar-refractivity contribution in [2.75, 3.05) is 0 Å². The highest BCUT2D eigenvalue weighted by molar-refractivity contribution is 5.63. The third-order valence-corrected chi connectivity index (χ3v) is 3.22. The number of hydrogen-bond acceptors (Lipinski definition) is 1. The molecule has 0 saturated heterocycles. The monoisotopic (exact) mass is 244 g/mol. The van der Waals surface area contributed by atoms with E-state index in [4.69, 9.17) is 0 Å². The minimum Gasteiger partial charge on any atom is -0.294 e. The van der Waals surface area contributed by atoms with Gasteiger partial charge < -0.3 is 0 Å². The zero-order valence-electron chi connectivity index (χ0n) is 11.4. The van der Waals surface area contributed by atoms with E-state index in [-0.39, 0.29) is 11.6 Å². The van der Waals surface area contributed by atoms with E-state index in [2.05, 4.69) is 36.3 Å². The summed E-state index contributed by atoms with van der Waals surface area (Å²) < 4.78 is 1.70. The Morgan fingerprint density at radius 3 is 2.33 bits per heavy atom. The number of nitrogens with zero attached hydrogens (tertiary/aromatic N) is 1. The first-order valence-corrected chi connectivity index (χ1v) is 6.45. The van der Waals surface area contributed by atoms with Crippen LogP contribution in [0.5, 0.6) is 0 Å². The predicted molar refractivity (Wildman–Crippen MR) is 75.0 cm³/mol. The van der Waals surface area contributed by atoms with Crippen molar-refractivity contribution >= 4 is 0 Å². The zero-order valence-corrected chi connectivity index (χ0v) is 11.4. The maximum atomic E-state index is 12.2. The van der Waals surface area contributed by atoms with Crippen LogP contribution >= 0.6 is 0 Å². The fraction of sp³-hybridized carbons (Fsp3) is 0.400. The Morgan fingerprint density at radius 2 is 1.83 bits per heavy atom. The molecule has 0 spiro atoms. The summed E-state index contributed by atoms with van der Waals surface area (Å²) in [6, 6.07) is 8.41. The van der Waals surface area contributed by atoms with Crippen molar-refractivity contribution in [3.8, 4) is 11.3 Å². The summed E-state index contributed by atoms with van der Waals surface area (Å²) in [5.74, 6) is 0. The number of hydrogen-bond donors (Lipinski definition) is 1. The van der Waals surface area contributed by atoms with Crippen LogP contribution in [-0.2, 0) is 6.42 Å². The minimum atomic E-state index is 0.100. The van der Waals surface area contributed by atoms with Crippen LogP contribution in [0.1, 0.15) is 37.9 Å². The predicted octanol–water partition coefficient (Wildman–Crippen LogP) is 3.30. The molecule has 0 saturated carbocycles. The van der Waals surface area contributed by atoms with E-state index in [1.165, 1.54) is 5.56 Å². The second-order valence-electron chi connectivity index (χ2n) is 4.95. The molecule has 0 aliphatic carbocycles. The van der Waals surface area contributed by atoms with Gasteiger partial charge in [-0.15, -0.1) is 0 Å². The number of aryl methyl sites for hydroxylation is 1. The Kier molecular flexibility index (Phi) is 3.41. The van der Waals surface area contributed by atoms with E-state index in [9.17, 15) is 4.79 Å². The molecule has 3 nitrogen and oxygen atoms in total. The Hall–Kier alpha value is -1.77. The van der Waals surface area contributed by atoms with Crippen molar-refractivity contribution in [1.82, 2.24) is 9.78 Å². The van der Waals surface area contributed by atoms with E-state index in [0.29, 0.717) is 0 Å². The van der Waals surface area contributed by atoms with Crippen molar-refractivity contribution in [1.29, 1.82) is 0 Å². The summed E-state index contributed by atoms with van der Waals surface area (Å²) in [6.07, 6.45) is 0.748. The molecule has 2 aromatic rings. The largest absolute Gasteiger partial charge is 0.294 e. The second kappa shape index (κ2) is 4.84. The van der Waals surface area contributed by atoms with Crippen molar-refractivity contribution in [3.05, 3.63) is 45.7 Å². The summed E-state index contributed by atoms with van der Waals surface area (Å²) in [6.45, 7) is 8.10. The lowest BCUT2D eigenvalue weighted by Gasteiger charge is -2.05. The van der Waals surface area contributed by atoms with Crippen molar-refractivity contribution in [2.45, 2.75) is 40.2 Å². The normalized spacial score (nSPS) is 11.2. The van der Waals surface area contributed by atoms with Crippen LogP contribution in [0, 0.1) is 6.92 Å². The summed E-state index contributed by atoms with van der Waals surface area (Å²) >= 11 is 0. The van der Waals surface area contributed by atoms with Gasteiger partial charge in [-0.3, -0.25) is 9.89 Å². The highest BCUT2D eigenvalue weighted by Crippen LogP contribution is 2.21. The first-order valence-electron chi connectivity index (χ1n) is 6.45. The van der Waals surface area contributed by atoms with Crippen molar-refractivity contribution < 1.29 is 0 Å². The number of H-pyrrole nitrogens is 1. The Morgan fingerprint density at radius 1 is 1.22 bits per heavy atom. The molecule has 0 aliphatic rings. The Bertz CT molecular complexity index is 588. The van der Waals surface area contributed by atoms with E-state index in [0.717, 1.165) is 23.2 Å². The highest BCUT2D eigenvalue weighted by atomic mass is 16.1. The van der Waals surface area contributed by atoms with E-state index in [1.807, 2.05) is 20.8 Å².